The highest BCUT2D eigenvalue weighted by atomic mass is 16.5. The minimum atomic E-state index is -0.140. The van der Waals surface area contributed by atoms with Gasteiger partial charge < -0.3 is 19.7 Å². The van der Waals surface area contributed by atoms with E-state index in [1.807, 2.05) is 30.0 Å². The molecule has 0 atom stereocenters. The van der Waals surface area contributed by atoms with Gasteiger partial charge in [0, 0.05) is 25.0 Å². The molecule has 1 aliphatic heterocycles. The Morgan fingerprint density at radius 1 is 1.08 bits per heavy atom. The zero-order valence-electron chi connectivity index (χ0n) is 14.7. The van der Waals surface area contributed by atoms with Crippen molar-refractivity contribution in [2.75, 3.05) is 26.3 Å². The van der Waals surface area contributed by atoms with Crippen molar-refractivity contribution in [3.05, 3.63) is 24.3 Å². The molecular weight excluding hydrogens is 320 g/mol. The number of carbonyl (C=O) groups is 2. The van der Waals surface area contributed by atoms with Crippen LogP contribution in [0.2, 0.25) is 0 Å². The number of hydrogen-bond acceptors (Lipinski definition) is 4. The summed E-state index contributed by atoms with van der Waals surface area (Å²) in [4.78, 5) is 26.1. The second kappa shape index (κ2) is 8.23. The van der Waals surface area contributed by atoms with Gasteiger partial charge in [-0.15, -0.1) is 0 Å². The molecule has 0 unspecified atom stereocenters. The topological polar surface area (TPSA) is 67.9 Å². The lowest BCUT2D eigenvalue weighted by Gasteiger charge is -2.32. The fourth-order valence-corrected chi connectivity index (χ4v) is 3.09. The summed E-state index contributed by atoms with van der Waals surface area (Å²) in [5, 5.41) is 3.00. The van der Waals surface area contributed by atoms with Crippen LogP contribution in [0.4, 0.5) is 0 Å². The van der Waals surface area contributed by atoms with Crippen molar-refractivity contribution in [3.8, 4) is 11.5 Å². The van der Waals surface area contributed by atoms with E-state index in [4.69, 9.17) is 9.47 Å². The van der Waals surface area contributed by atoms with Gasteiger partial charge in [-0.05, 0) is 44.7 Å². The molecule has 6 nitrogen and oxygen atoms in total. The predicted octanol–water partition coefficient (Wildman–Crippen LogP) is 1.98. The van der Waals surface area contributed by atoms with E-state index in [2.05, 4.69) is 5.32 Å². The van der Waals surface area contributed by atoms with Gasteiger partial charge in [-0.1, -0.05) is 12.1 Å². The lowest BCUT2D eigenvalue weighted by Crippen LogP contribution is -2.47. The quantitative estimate of drug-likeness (QED) is 0.820. The largest absolute Gasteiger partial charge is 0.490 e. The van der Waals surface area contributed by atoms with Crippen LogP contribution in [0, 0.1) is 5.92 Å². The highest BCUT2D eigenvalue weighted by Gasteiger charge is 2.35. The Kier molecular flexibility index (Phi) is 5.79. The van der Waals surface area contributed by atoms with E-state index in [-0.39, 0.29) is 24.5 Å². The molecule has 25 heavy (non-hydrogen) atoms. The minimum absolute atomic E-state index is 0.0364. The number of para-hydroxylation sites is 2. The van der Waals surface area contributed by atoms with E-state index in [0.29, 0.717) is 24.0 Å². The number of rotatable bonds is 7. The average molecular weight is 346 g/mol. The zero-order chi connectivity index (χ0) is 17.6. The van der Waals surface area contributed by atoms with Crippen LogP contribution in [-0.4, -0.2) is 49.1 Å². The summed E-state index contributed by atoms with van der Waals surface area (Å²) in [6.45, 7) is 3.88. The molecule has 0 bridgehead atoms. The molecule has 6 heteroatoms. The van der Waals surface area contributed by atoms with Gasteiger partial charge in [0.2, 0.25) is 5.91 Å². The number of amides is 2. The molecule has 0 aromatic heterocycles. The van der Waals surface area contributed by atoms with Gasteiger partial charge in [-0.2, -0.15) is 0 Å². The summed E-state index contributed by atoms with van der Waals surface area (Å²) in [6, 6.07) is 7.45. The first-order valence-electron chi connectivity index (χ1n) is 9.10. The molecule has 1 aliphatic carbocycles. The first kappa shape index (κ1) is 17.6. The minimum Gasteiger partial charge on any atom is -0.490 e. The summed E-state index contributed by atoms with van der Waals surface area (Å²) < 4.78 is 11.1. The maximum atomic E-state index is 12.1. The van der Waals surface area contributed by atoms with Gasteiger partial charge in [0.1, 0.15) is 0 Å². The Morgan fingerprint density at radius 3 is 2.32 bits per heavy atom. The molecule has 0 spiro atoms. The number of ether oxygens (including phenoxy) is 2. The molecule has 1 saturated heterocycles. The van der Waals surface area contributed by atoms with Crippen molar-refractivity contribution in [1.29, 1.82) is 0 Å². The van der Waals surface area contributed by atoms with Gasteiger partial charge >= 0.3 is 0 Å². The monoisotopic (exact) mass is 346 g/mol. The number of carbonyl (C=O) groups excluding carboxylic acids is 2. The second-order valence-corrected chi connectivity index (χ2v) is 6.61. The molecular formula is C19H26N2O4. The van der Waals surface area contributed by atoms with E-state index < -0.39 is 0 Å². The van der Waals surface area contributed by atoms with Crippen molar-refractivity contribution < 1.29 is 19.1 Å². The van der Waals surface area contributed by atoms with E-state index in [1.54, 1.807) is 6.07 Å². The van der Waals surface area contributed by atoms with E-state index in [9.17, 15) is 9.59 Å². The standard InChI is InChI=1S/C19H26N2O4/c1-2-24-16-5-3-4-6-17(16)25-13-18(22)20-15-9-11-21(12-10-15)19(23)14-7-8-14/h3-6,14-15H,2,7-13H2,1H3,(H,20,22). The first-order valence-corrected chi connectivity index (χ1v) is 9.10. The fraction of sp³-hybridized carbons (Fsp3) is 0.579. The van der Waals surface area contributed by atoms with Crippen LogP contribution in [-0.2, 0) is 9.59 Å². The Labute approximate surface area is 148 Å². The summed E-state index contributed by atoms with van der Waals surface area (Å²) in [5.74, 6) is 1.64. The smallest absolute Gasteiger partial charge is 0.258 e. The molecule has 1 heterocycles. The van der Waals surface area contributed by atoms with Crippen LogP contribution in [0.25, 0.3) is 0 Å². The maximum Gasteiger partial charge on any atom is 0.258 e. The molecule has 2 amide bonds. The number of nitrogens with zero attached hydrogens (tertiary/aromatic N) is 1. The van der Waals surface area contributed by atoms with Crippen molar-refractivity contribution >= 4 is 11.8 Å². The molecule has 3 rings (SSSR count). The predicted molar refractivity (Wildman–Crippen MR) is 93.6 cm³/mol. The lowest BCUT2D eigenvalue weighted by atomic mass is 10.0. The third kappa shape index (κ3) is 4.87. The lowest BCUT2D eigenvalue weighted by molar-refractivity contribution is -0.133. The van der Waals surface area contributed by atoms with Crippen LogP contribution < -0.4 is 14.8 Å². The molecule has 136 valence electrons. The molecule has 2 aliphatic rings. The summed E-state index contributed by atoms with van der Waals surface area (Å²) in [6.07, 6.45) is 3.69. The van der Waals surface area contributed by atoms with E-state index >= 15 is 0 Å². The summed E-state index contributed by atoms with van der Waals surface area (Å²) in [7, 11) is 0. The van der Waals surface area contributed by atoms with Crippen LogP contribution in [0.15, 0.2) is 24.3 Å². The fourth-order valence-electron chi connectivity index (χ4n) is 3.09. The highest BCUT2D eigenvalue weighted by molar-refractivity contribution is 5.81. The molecule has 1 N–H and O–H groups in total. The average Bonchev–Trinajstić information content (AvgIpc) is 3.46. The van der Waals surface area contributed by atoms with Crippen LogP contribution >= 0.6 is 0 Å². The Hall–Kier alpha value is -2.24. The Balaban J connectivity index is 1.40. The first-order chi connectivity index (χ1) is 12.2. The highest BCUT2D eigenvalue weighted by Crippen LogP contribution is 2.32. The zero-order valence-corrected chi connectivity index (χ0v) is 14.7. The van der Waals surface area contributed by atoms with Crippen LogP contribution in [0.5, 0.6) is 11.5 Å². The van der Waals surface area contributed by atoms with Gasteiger partial charge in [-0.25, -0.2) is 0 Å². The van der Waals surface area contributed by atoms with Crippen molar-refractivity contribution in [2.45, 2.75) is 38.6 Å². The van der Waals surface area contributed by atoms with Gasteiger partial charge in [0.05, 0.1) is 6.61 Å². The second-order valence-electron chi connectivity index (χ2n) is 6.61. The number of piperidine rings is 1. The van der Waals surface area contributed by atoms with E-state index in [0.717, 1.165) is 38.8 Å². The van der Waals surface area contributed by atoms with E-state index in [1.165, 1.54) is 0 Å². The molecule has 1 aromatic rings. The number of hydrogen-bond donors (Lipinski definition) is 1. The Bertz CT molecular complexity index is 607. The normalized spacial score (nSPS) is 17.9. The summed E-state index contributed by atoms with van der Waals surface area (Å²) >= 11 is 0. The van der Waals surface area contributed by atoms with Gasteiger partial charge in [0.15, 0.2) is 18.1 Å². The van der Waals surface area contributed by atoms with Crippen molar-refractivity contribution in [3.63, 3.8) is 0 Å². The molecule has 1 aromatic carbocycles. The third-order valence-corrected chi connectivity index (χ3v) is 4.61. The number of benzene rings is 1. The summed E-state index contributed by atoms with van der Waals surface area (Å²) in [5.41, 5.74) is 0. The van der Waals surface area contributed by atoms with Crippen LogP contribution in [0.3, 0.4) is 0 Å². The maximum absolute atomic E-state index is 12.1. The van der Waals surface area contributed by atoms with Crippen molar-refractivity contribution in [2.24, 2.45) is 5.92 Å². The Morgan fingerprint density at radius 2 is 1.72 bits per heavy atom. The molecule has 2 fully saturated rings. The SMILES string of the molecule is CCOc1ccccc1OCC(=O)NC1CCN(C(=O)C2CC2)CC1. The number of nitrogens with one attached hydrogen (secondary N) is 1. The molecule has 0 radical (unpaired) electrons. The third-order valence-electron chi connectivity index (χ3n) is 4.61. The van der Waals surface area contributed by atoms with Gasteiger partial charge in [-0.3, -0.25) is 9.59 Å². The van der Waals surface area contributed by atoms with Crippen molar-refractivity contribution in [1.82, 2.24) is 10.2 Å². The number of likely N-dealkylation sites (tertiary alicyclic amines) is 1. The molecule has 1 saturated carbocycles. The van der Waals surface area contributed by atoms with Gasteiger partial charge in [0.25, 0.3) is 5.91 Å². The van der Waals surface area contributed by atoms with Crippen LogP contribution in [0.1, 0.15) is 32.6 Å².